The summed E-state index contributed by atoms with van der Waals surface area (Å²) in [4.78, 5) is 45.8. The van der Waals surface area contributed by atoms with Gasteiger partial charge in [-0.2, -0.15) is 0 Å². The van der Waals surface area contributed by atoms with Crippen molar-refractivity contribution in [3.05, 3.63) is 136 Å². The van der Waals surface area contributed by atoms with E-state index in [1.165, 1.54) is 0 Å². The lowest BCUT2D eigenvalue weighted by atomic mass is 10.1. The fourth-order valence-electron chi connectivity index (χ4n) is 11.0. The average molecular weight is 1230 g/mol. The van der Waals surface area contributed by atoms with Crippen molar-refractivity contribution in [2.45, 2.75) is 147 Å². The SMILES string of the molecule is CCOc1cc(COc2cc(Cn3cc(CO[C@H]4CN[C@H](C(=O)O)C4)nn3)cc(Cn3cc(CO[C@H]4CN[C@H](C(=O)O)C4)nn3)c2)cc(COc2cc(Cn3cc(CO[C@H]4CN[C@H](C(=O)O)C4)nn3)cc(Cn3cc(CO[C@H]4CN[C@H](C(=O)O)C4)nn3)c2)c1. The number of nitrogens with one attached hydrogen (secondary N) is 4. The number of hydrogen-bond acceptors (Lipinski definition) is 23. The summed E-state index contributed by atoms with van der Waals surface area (Å²) in [5.74, 6) is -1.90. The maximum absolute atomic E-state index is 11.5. The maximum atomic E-state index is 11.5. The van der Waals surface area contributed by atoms with Gasteiger partial charge < -0.3 is 74.9 Å². The normalized spacial score (nSPS) is 21.6. The zero-order valence-electron chi connectivity index (χ0n) is 48.7. The molecule has 4 saturated heterocycles. The lowest BCUT2D eigenvalue weighted by molar-refractivity contribution is -0.140. The van der Waals surface area contributed by atoms with Crippen LogP contribution in [-0.2, 0) is 104 Å². The largest absolute Gasteiger partial charge is 0.494 e. The molecule has 11 rings (SSSR count). The number of benzene rings is 3. The second kappa shape index (κ2) is 29.0. The third-order valence-corrected chi connectivity index (χ3v) is 15.3. The lowest BCUT2D eigenvalue weighted by Crippen LogP contribution is -2.29. The van der Waals surface area contributed by atoms with Crippen LogP contribution in [0, 0.1) is 0 Å². The van der Waals surface area contributed by atoms with Gasteiger partial charge in [0.25, 0.3) is 0 Å². The fraction of sp³-hybridized carbons (Fsp3) is 0.483. The average Bonchev–Trinajstić information content (AvgIpc) is 4.57. The van der Waals surface area contributed by atoms with Crippen molar-refractivity contribution in [3.63, 3.8) is 0 Å². The highest BCUT2D eigenvalue weighted by Crippen LogP contribution is 2.27. The molecular formula is C58H70N16O15. The molecule has 31 heteroatoms. The summed E-state index contributed by atoms with van der Waals surface area (Å²) in [6.45, 7) is 6.27. The van der Waals surface area contributed by atoms with Gasteiger partial charge in [0.05, 0.1) is 108 Å². The third kappa shape index (κ3) is 17.5. The molecule has 89 heavy (non-hydrogen) atoms. The van der Waals surface area contributed by atoms with Crippen molar-refractivity contribution in [3.8, 4) is 17.2 Å². The number of nitrogens with zero attached hydrogens (tertiary/aromatic N) is 12. The van der Waals surface area contributed by atoms with Crippen molar-refractivity contribution in [1.82, 2.24) is 81.2 Å². The van der Waals surface area contributed by atoms with Crippen LogP contribution in [0.3, 0.4) is 0 Å². The van der Waals surface area contributed by atoms with Crippen LogP contribution in [0.5, 0.6) is 17.2 Å². The van der Waals surface area contributed by atoms with Gasteiger partial charge in [-0.05, 0) is 82.8 Å². The van der Waals surface area contributed by atoms with E-state index in [4.69, 9.17) is 33.2 Å². The van der Waals surface area contributed by atoms with Gasteiger partial charge in [0.1, 0.15) is 77.4 Å². The molecule has 8 heterocycles. The van der Waals surface area contributed by atoms with Gasteiger partial charge in [0, 0.05) is 51.9 Å². The van der Waals surface area contributed by atoms with E-state index in [0.29, 0.717) is 125 Å². The van der Waals surface area contributed by atoms with Crippen LogP contribution in [-0.4, -0.2) is 186 Å². The molecule has 0 bridgehead atoms. The molecule has 8 N–H and O–H groups in total. The molecule has 4 aromatic heterocycles. The minimum Gasteiger partial charge on any atom is -0.494 e. The number of ether oxygens (including phenoxy) is 7. The number of carboxylic acid groups (broad SMARTS) is 4. The summed E-state index contributed by atoms with van der Waals surface area (Å²) in [5, 5.41) is 84.1. The summed E-state index contributed by atoms with van der Waals surface area (Å²) in [5.41, 5.74) is 7.38. The van der Waals surface area contributed by atoms with Gasteiger partial charge in [-0.15, -0.1) is 20.4 Å². The number of aromatic nitrogens is 12. The number of hydrogen-bond donors (Lipinski definition) is 8. The molecule has 0 spiro atoms. The highest BCUT2D eigenvalue weighted by Gasteiger charge is 2.33. The zero-order chi connectivity index (χ0) is 61.8. The third-order valence-electron chi connectivity index (χ3n) is 15.3. The van der Waals surface area contributed by atoms with Crippen LogP contribution >= 0.6 is 0 Å². The fourth-order valence-corrected chi connectivity index (χ4v) is 11.0. The van der Waals surface area contributed by atoms with Crippen LogP contribution in [0.2, 0.25) is 0 Å². The van der Waals surface area contributed by atoms with E-state index in [9.17, 15) is 39.6 Å². The van der Waals surface area contributed by atoms with Gasteiger partial charge in [0.15, 0.2) is 0 Å². The van der Waals surface area contributed by atoms with Crippen molar-refractivity contribution >= 4 is 23.9 Å². The van der Waals surface area contributed by atoms with Gasteiger partial charge in [-0.3, -0.25) is 19.2 Å². The van der Waals surface area contributed by atoms with Crippen molar-refractivity contribution in [1.29, 1.82) is 0 Å². The van der Waals surface area contributed by atoms with Crippen LogP contribution in [0.15, 0.2) is 79.4 Å². The van der Waals surface area contributed by atoms with Crippen molar-refractivity contribution < 1.29 is 72.8 Å². The molecule has 472 valence electrons. The number of carboxylic acids is 4. The molecule has 4 aliphatic heterocycles. The Labute approximate surface area is 508 Å². The molecule has 4 aliphatic rings. The molecule has 0 radical (unpaired) electrons. The number of carbonyl (C=O) groups is 4. The van der Waals surface area contributed by atoms with Crippen molar-refractivity contribution in [2.24, 2.45) is 0 Å². The Hall–Kier alpha value is -8.82. The number of rotatable bonds is 32. The summed E-state index contributed by atoms with van der Waals surface area (Å²) in [6.07, 6.45) is 7.47. The minimum absolute atomic E-state index is 0.153. The van der Waals surface area contributed by atoms with E-state index in [0.717, 1.165) is 33.4 Å². The molecule has 3 aromatic carbocycles. The first kappa shape index (κ1) is 61.8. The first-order valence-corrected chi connectivity index (χ1v) is 29.3. The van der Waals surface area contributed by atoms with E-state index in [1.807, 2.05) is 61.5 Å². The Morgan fingerprint density at radius 1 is 0.393 bits per heavy atom. The molecule has 0 aliphatic carbocycles. The van der Waals surface area contributed by atoms with Gasteiger partial charge in [-0.1, -0.05) is 33.0 Å². The van der Waals surface area contributed by atoms with E-state index in [1.54, 1.807) is 43.5 Å². The monoisotopic (exact) mass is 1230 g/mol. The Morgan fingerprint density at radius 2 is 0.652 bits per heavy atom. The highest BCUT2D eigenvalue weighted by molar-refractivity contribution is 5.75. The van der Waals surface area contributed by atoms with Gasteiger partial charge >= 0.3 is 23.9 Å². The first-order valence-electron chi connectivity index (χ1n) is 29.3. The molecule has 0 unspecified atom stereocenters. The predicted octanol–water partition coefficient (Wildman–Crippen LogP) is 1.13. The van der Waals surface area contributed by atoms with Crippen LogP contribution in [0.25, 0.3) is 0 Å². The van der Waals surface area contributed by atoms with Crippen LogP contribution in [0.4, 0.5) is 0 Å². The zero-order valence-corrected chi connectivity index (χ0v) is 48.7. The topological polar surface area (TPSA) is 385 Å². The second-order valence-corrected chi connectivity index (χ2v) is 22.5. The molecular weight excluding hydrogens is 1160 g/mol. The summed E-state index contributed by atoms with van der Waals surface area (Å²) in [7, 11) is 0. The molecule has 7 aromatic rings. The summed E-state index contributed by atoms with van der Waals surface area (Å²) >= 11 is 0. The van der Waals surface area contributed by atoms with E-state index < -0.39 is 48.0 Å². The second-order valence-electron chi connectivity index (χ2n) is 22.5. The molecule has 0 saturated carbocycles. The maximum Gasteiger partial charge on any atom is 0.320 e. The Bertz CT molecular complexity index is 3160. The summed E-state index contributed by atoms with van der Waals surface area (Å²) in [6, 6.07) is 15.0. The van der Waals surface area contributed by atoms with Gasteiger partial charge in [0.2, 0.25) is 0 Å². The number of aliphatic carboxylic acids is 4. The smallest absolute Gasteiger partial charge is 0.320 e. The highest BCUT2D eigenvalue weighted by atomic mass is 16.5. The first-order chi connectivity index (χ1) is 43.1. The minimum atomic E-state index is -0.915. The lowest BCUT2D eigenvalue weighted by Gasteiger charge is -2.15. The summed E-state index contributed by atoms with van der Waals surface area (Å²) < 4.78 is 49.9. The van der Waals surface area contributed by atoms with Crippen LogP contribution in [0.1, 0.15) is 88.8 Å². The molecule has 8 atom stereocenters. The van der Waals surface area contributed by atoms with Gasteiger partial charge in [-0.25, -0.2) is 18.7 Å². The molecule has 0 amide bonds. The predicted molar refractivity (Wildman–Crippen MR) is 306 cm³/mol. The Morgan fingerprint density at radius 3 is 0.910 bits per heavy atom. The van der Waals surface area contributed by atoms with Crippen molar-refractivity contribution in [2.75, 3.05) is 32.8 Å². The standard InChI is InChI=1S/C58H70N16O15/c1-2-83-44-10-38(28-84-45-6-34(20-71-24-40(63-67-71)30-86-47-12-51(55(75)76)59-16-47)3-35(7-45)21-72-25-41(64-68-72)31-87-48-13-52(56(77)78)60-17-48)5-39(11-44)29-85-46-8-36(22-73-26-42(65-69-73)32-88-49-14-53(57(79)80)61-18-49)4-37(9-46)23-74-27-43(66-70-74)33-89-50-15-54(58(81)82)62-19-50/h3-11,24-27,47-54,59-62H,2,12-23,28-33H2,1H3,(H,75,76)(H,77,78)(H,79,80)(H,81,82)/t47-,48-,49-,50-,51+,52+,53+,54+/m1/s1. The molecule has 4 fully saturated rings. The van der Waals surface area contributed by atoms with E-state index in [2.05, 4.69) is 62.5 Å². The van der Waals surface area contributed by atoms with Crippen LogP contribution < -0.4 is 35.5 Å². The Balaban J connectivity index is 0.779. The molecule has 31 nitrogen and oxygen atoms in total. The quantitative estimate of drug-likeness (QED) is 0.0293. The van der Waals surface area contributed by atoms with E-state index in [-0.39, 0.29) is 64.1 Å². The van der Waals surface area contributed by atoms with E-state index >= 15 is 0 Å². The Kier molecular flexibility index (Phi) is 20.1.